The van der Waals surface area contributed by atoms with Gasteiger partial charge in [0.15, 0.2) is 11.7 Å². The van der Waals surface area contributed by atoms with Crippen LogP contribution in [-0.4, -0.2) is 30.1 Å². The Hall–Kier alpha value is -3.43. The van der Waals surface area contributed by atoms with Crippen LogP contribution in [-0.2, 0) is 11.2 Å². The summed E-state index contributed by atoms with van der Waals surface area (Å²) in [5.74, 6) is 0.0831. The average molecular weight is 542 g/mol. The van der Waals surface area contributed by atoms with E-state index in [1.165, 1.54) is 0 Å². The van der Waals surface area contributed by atoms with Gasteiger partial charge in [-0.1, -0.05) is 58.4 Å². The summed E-state index contributed by atoms with van der Waals surface area (Å²) < 4.78 is 12.0. The smallest absolute Gasteiger partial charge is 0.276 e. The molecule has 3 aromatic rings. The lowest BCUT2D eigenvalue weighted by Gasteiger charge is -2.14. The number of rotatable bonds is 8. The predicted octanol–water partition coefficient (Wildman–Crippen LogP) is 4.09. The molecule has 0 heterocycles. The predicted molar refractivity (Wildman–Crippen MR) is 138 cm³/mol. The number of amides is 2. The fourth-order valence-electron chi connectivity index (χ4n) is 2.95. The third-order valence-electron chi connectivity index (χ3n) is 4.58. The Labute approximate surface area is 211 Å². The number of benzene rings is 3. The average Bonchev–Trinajstić information content (AvgIpc) is 2.83. The van der Waals surface area contributed by atoms with Gasteiger partial charge in [-0.05, 0) is 60.6 Å². The number of hydrogen-bond donors (Lipinski definition) is 3. The van der Waals surface area contributed by atoms with Gasteiger partial charge in [0.25, 0.3) is 11.8 Å². The minimum Gasteiger partial charge on any atom is -0.492 e. The molecule has 0 unspecified atom stereocenters. The van der Waals surface area contributed by atoms with Crippen molar-refractivity contribution in [2.24, 2.45) is 0 Å². The van der Waals surface area contributed by atoms with Crippen molar-refractivity contribution in [2.45, 2.75) is 13.3 Å². The Morgan fingerprint density at radius 3 is 2.50 bits per heavy atom. The molecular weight excluding hydrogens is 518 g/mol. The first-order valence-electron chi connectivity index (χ1n) is 10.5. The molecule has 176 valence electrons. The zero-order valence-corrected chi connectivity index (χ0v) is 20.9. The van der Waals surface area contributed by atoms with Crippen molar-refractivity contribution < 1.29 is 19.1 Å². The van der Waals surface area contributed by atoms with Crippen LogP contribution in [0.1, 0.15) is 21.5 Å². The molecular formula is C25H24BrN3O4S. The van der Waals surface area contributed by atoms with Crippen molar-refractivity contribution in [3.63, 3.8) is 0 Å². The first-order valence-corrected chi connectivity index (χ1v) is 11.7. The summed E-state index contributed by atoms with van der Waals surface area (Å²) in [6.45, 7) is 2.13. The van der Waals surface area contributed by atoms with Gasteiger partial charge in [0.1, 0.15) is 11.5 Å². The minimum atomic E-state index is -0.473. The van der Waals surface area contributed by atoms with Crippen LogP contribution in [0, 0.1) is 6.92 Å². The van der Waals surface area contributed by atoms with Gasteiger partial charge < -0.3 is 9.47 Å². The van der Waals surface area contributed by atoms with Gasteiger partial charge in [-0.15, -0.1) is 0 Å². The van der Waals surface area contributed by atoms with E-state index in [2.05, 4.69) is 32.1 Å². The molecule has 0 spiro atoms. The number of thiocarbonyl (C=S) groups is 1. The molecule has 0 fully saturated rings. The second kappa shape index (κ2) is 12.7. The second-order valence-corrected chi connectivity index (χ2v) is 8.61. The van der Waals surface area contributed by atoms with Gasteiger partial charge in [0, 0.05) is 10.9 Å². The van der Waals surface area contributed by atoms with E-state index in [4.69, 9.17) is 21.7 Å². The van der Waals surface area contributed by atoms with Crippen molar-refractivity contribution in [2.75, 3.05) is 13.2 Å². The van der Waals surface area contributed by atoms with E-state index in [0.717, 1.165) is 11.1 Å². The monoisotopic (exact) mass is 541 g/mol. The maximum absolute atomic E-state index is 12.8. The summed E-state index contributed by atoms with van der Waals surface area (Å²) in [5.41, 5.74) is 7.36. The lowest BCUT2D eigenvalue weighted by molar-refractivity contribution is -0.123. The highest BCUT2D eigenvalue weighted by atomic mass is 79.9. The highest BCUT2D eigenvalue weighted by Gasteiger charge is 2.15. The van der Waals surface area contributed by atoms with Crippen LogP contribution in [0.15, 0.2) is 77.3 Å². The summed E-state index contributed by atoms with van der Waals surface area (Å²) in [6.07, 6.45) is 0.703. The molecule has 0 saturated heterocycles. The highest BCUT2D eigenvalue weighted by Crippen LogP contribution is 2.23. The van der Waals surface area contributed by atoms with E-state index in [-0.39, 0.29) is 11.7 Å². The fourth-order valence-corrected chi connectivity index (χ4v) is 3.45. The summed E-state index contributed by atoms with van der Waals surface area (Å²) in [6, 6.07) is 22.4. The quantitative estimate of drug-likeness (QED) is 0.294. The summed E-state index contributed by atoms with van der Waals surface area (Å²) >= 11 is 8.49. The zero-order chi connectivity index (χ0) is 24.3. The van der Waals surface area contributed by atoms with Gasteiger partial charge in [0.2, 0.25) is 0 Å². The number of ether oxygens (including phenoxy) is 2. The molecule has 2 amide bonds. The Balaban J connectivity index is 1.48. The lowest BCUT2D eigenvalue weighted by atomic mass is 10.1. The van der Waals surface area contributed by atoms with Crippen molar-refractivity contribution in [1.29, 1.82) is 0 Å². The number of hydrogen-bond acceptors (Lipinski definition) is 5. The van der Waals surface area contributed by atoms with Gasteiger partial charge >= 0.3 is 0 Å². The molecule has 7 nitrogen and oxygen atoms in total. The fraction of sp³-hybridized carbons (Fsp3) is 0.160. The maximum atomic E-state index is 12.8. The summed E-state index contributed by atoms with van der Waals surface area (Å²) in [4.78, 5) is 24.8. The van der Waals surface area contributed by atoms with E-state index >= 15 is 0 Å². The molecule has 3 aromatic carbocycles. The van der Waals surface area contributed by atoms with Gasteiger partial charge in [-0.25, -0.2) is 0 Å². The normalized spacial score (nSPS) is 10.2. The third-order valence-corrected chi connectivity index (χ3v) is 5.28. The topological polar surface area (TPSA) is 88.7 Å². The van der Waals surface area contributed by atoms with E-state index in [9.17, 15) is 9.59 Å². The van der Waals surface area contributed by atoms with Crippen LogP contribution < -0.4 is 25.6 Å². The number of aryl methyl sites for hydroxylation is 1. The molecule has 0 aliphatic rings. The molecule has 9 heteroatoms. The number of halogens is 1. The van der Waals surface area contributed by atoms with Crippen LogP contribution in [0.2, 0.25) is 0 Å². The van der Waals surface area contributed by atoms with E-state index in [0.29, 0.717) is 34.6 Å². The van der Waals surface area contributed by atoms with Crippen LogP contribution in [0.5, 0.6) is 11.5 Å². The molecule has 0 aromatic heterocycles. The SMILES string of the molecule is Cc1cccc(OCC(=O)NNC(=S)NC(=O)c2cc(Br)ccc2OCCc2ccccc2)c1. The van der Waals surface area contributed by atoms with Gasteiger partial charge in [-0.3, -0.25) is 25.8 Å². The van der Waals surface area contributed by atoms with Crippen LogP contribution in [0.3, 0.4) is 0 Å². The Bertz CT molecular complexity index is 1160. The molecule has 0 bridgehead atoms. The molecule has 0 saturated carbocycles. The molecule has 0 aliphatic carbocycles. The van der Waals surface area contributed by atoms with E-state index in [1.54, 1.807) is 24.3 Å². The first kappa shape index (κ1) is 25.2. The number of hydrazine groups is 1. The van der Waals surface area contributed by atoms with E-state index < -0.39 is 11.8 Å². The van der Waals surface area contributed by atoms with E-state index in [1.807, 2.05) is 55.5 Å². The van der Waals surface area contributed by atoms with Crippen LogP contribution >= 0.6 is 28.1 Å². The Kier molecular flexibility index (Phi) is 9.42. The van der Waals surface area contributed by atoms with Crippen LogP contribution in [0.25, 0.3) is 0 Å². The number of nitrogens with one attached hydrogen (secondary N) is 3. The molecule has 34 heavy (non-hydrogen) atoms. The highest BCUT2D eigenvalue weighted by molar-refractivity contribution is 9.10. The maximum Gasteiger partial charge on any atom is 0.276 e. The van der Waals surface area contributed by atoms with Crippen LogP contribution in [0.4, 0.5) is 0 Å². The lowest BCUT2D eigenvalue weighted by Crippen LogP contribution is -2.49. The number of carbonyl (C=O) groups excluding carboxylic acids is 2. The molecule has 3 rings (SSSR count). The standard InChI is InChI=1S/C25H24BrN3O4S/c1-17-6-5-9-20(14-17)33-16-23(30)28-29-25(34)27-24(31)21-15-19(26)10-11-22(21)32-13-12-18-7-3-2-4-8-18/h2-11,14-15H,12-13,16H2,1H3,(H,28,30)(H2,27,29,31,34). The van der Waals surface area contributed by atoms with Crippen molar-refractivity contribution >= 4 is 45.1 Å². The van der Waals surface area contributed by atoms with Crippen molar-refractivity contribution in [3.05, 3.63) is 94.0 Å². The van der Waals surface area contributed by atoms with Gasteiger partial charge in [0.05, 0.1) is 12.2 Å². The minimum absolute atomic E-state index is 0.0656. The second-order valence-electron chi connectivity index (χ2n) is 7.29. The summed E-state index contributed by atoms with van der Waals surface area (Å²) in [5, 5.41) is 2.47. The summed E-state index contributed by atoms with van der Waals surface area (Å²) in [7, 11) is 0. The largest absolute Gasteiger partial charge is 0.492 e. The molecule has 0 radical (unpaired) electrons. The molecule has 0 aliphatic heterocycles. The number of carbonyl (C=O) groups is 2. The first-order chi connectivity index (χ1) is 16.4. The zero-order valence-electron chi connectivity index (χ0n) is 18.5. The van der Waals surface area contributed by atoms with Crippen molar-refractivity contribution in [1.82, 2.24) is 16.2 Å². The van der Waals surface area contributed by atoms with Crippen molar-refractivity contribution in [3.8, 4) is 11.5 Å². The Morgan fingerprint density at radius 2 is 1.74 bits per heavy atom. The van der Waals surface area contributed by atoms with Gasteiger partial charge in [-0.2, -0.15) is 0 Å². The Morgan fingerprint density at radius 1 is 0.941 bits per heavy atom. The molecule has 3 N–H and O–H groups in total. The third kappa shape index (κ3) is 8.17. The molecule has 0 atom stereocenters.